The Labute approximate surface area is 276 Å². The van der Waals surface area contributed by atoms with Gasteiger partial charge in [0.05, 0.1) is 0 Å². The summed E-state index contributed by atoms with van der Waals surface area (Å²) >= 11 is -3.18. The van der Waals surface area contributed by atoms with Gasteiger partial charge in [-0.15, -0.1) is 0 Å². The number of hydrogen-bond donors (Lipinski definition) is 0. The number of likely N-dealkylation sites (tertiary alicyclic amines) is 1. The van der Waals surface area contributed by atoms with Gasteiger partial charge in [0.15, 0.2) is 0 Å². The van der Waals surface area contributed by atoms with E-state index >= 15 is 0 Å². The van der Waals surface area contributed by atoms with Crippen LogP contribution in [0.4, 0.5) is 4.79 Å². The van der Waals surface area contributed by atoms with E-state index in [9.17, 15) is 4.79 Å². The molecule has 0 aromatic carbocycles. The fourth-order valence-electron chi connectivity index (χ4n) is 9.83. The van der Waals surface area contributed by atoms with Crippen LogP contribution in [0.25, 0.3) is 0 Å². The van der Waals surface area contributed by atoms with Gasteiger partial charge in [0.2, 0.25) is 0 Å². The molecule has 2 saturated carbocycles. The van der Waals surface area contributed by atoms with Crippen LogP contribution in [0.5, 0.6) is 0 Å². The topological polar surface area (TPSA) is 48.0 Å². The molecule has 4 rings (SSSR count). The molecular weight excluding hydrogens is 653 g/mol. The Morgan fingerprint density at radius 2 is 1.11 bits per heavy atom. The summed E-state index contributed by atoms with van der Waals surface area (Å²) in [5.74, 6) is 1.17. The average molecular weight is 725 g/mol. The second-order valence-electron chi connectivity index (χ2n) is 16.7. The molecule has 0 radical (unpaired) electrons. The fourth-order valence-corrected chi connectivity index (χ4v) is 26.6. The number of carbonyl (C=O) groups is 1. The van der Waals surface area contributed by atoms with Gasteiger partial charge < -0.3 is 0 Å². The van der Waals surface area contributed by atoms with Gasteiger partial charge in [0.1, 0.15) is 0 Å². The molecule has 0 N–H and O–H groups in total. The molecule has 1 amide bonds. The molecule has 2 aliphatic carbocycles. The van der Waals surface area contributed by atoms with E-state index in [1.807, 2.05) is 0 Å². The van der Waals surface area contributed by atoms with Gasteiger partial charge >= 0.3 is 278 Å². The Morgan fingerprint density at radius 1 is 0.705 bits per heavy atom. The minimum atomic E-state index is -3.18. The van der Waals surface area contributed by atoms with Gasteiger partial charge in [-0.2, -0.15) is 0 Å². The van der Waals surface area contributed by atoms with Crippen LogP contribution in [-0.4, -0.2) is 63.1 Å². The first-order valence-corrected chi connectivity index (χ1v) is 27.1. The predicted molar refractivity (Wildman–Crippen MR) is 186 cm³/mol. The van der Waals surface area contributed by atoms with Gasteiger partial charge in [-0.3, -0.25) is 0 Å². The van der Waals surface area contributed by atoms with Crippen LogP contribution in [0.3, 0.4) is 0 Å². The molecule has 2 saturated heterocycles. The quantitative estimate of drug-likeness (QED) is 0.167. The molecule has 0 bridgehead atoms. The maximum atomic E-state index is 14.7. The predicted octanol–water partition coefficient (Wildman–Crippen LogP) is 11.2. The molecule has 4 aliphatic rings. The van der Waals surface area contributed by atoms with Gasteiger partial charge in [0.25, 0.3) is 0 Å². The molecule has 0 aromatic rings. The Balaban J connectivity index is 1.74. The van der Waals surface area contributed by atoms with Crippen molar-refractivity contribution in [3.05, 3.63) is 0 Å². The van der Waals surface area contributed by atoms with Crippen molar-refractivity contribution in [2.24, 2.45) is 11.8 Å². The number of nitrogens with zero attached hydrogens (tertiary/aromatic N) is 1. The summed E-state index contributed by atoms with van der Waals surface area (Å²) < 4.78 is 25.4. The monoisotopic (exact) mass is 725 g/mol. The molecule has 0 spiro atoms. The zero-order valence-corrected chi connectivity index (χ0v) is 33.0. The van der Waals surface area contributed by atoms with Crippen LogP contribution in [0.15, 0.2) is 0 Å². The standard InChI is InChI=1S/C26H44NO4.3C4H9.Sn/c1-25(2)16-11-17-26(3,4)27(25)24(28)29-18-21-30-22(19-12-7-5-8-13-19)23(31-21)20-14-9-6-10-15-20;3*1-3-4-2;/h18-23H,5-17H2,1-4H3;3*1,3-4H2,2H3;/t22-,23-;;;;/m1..../s1. The molecule has 4 fully saturated rings. The van der Waals surface area contributed by atoms with Crippen LogP contribution < -0.4 is 0 Å². The van der Waals surface area contributed by atoms with E-state index in [-0.39, 0.29) is 39.8 Å². The van der Waals surface area contributed by atoms with Crippen molar-refractivity contribution in [3.63, 3.8) is 0 Å². The summed E-state index contributed by atoms with van der Waals surface area (Å²) in [5.41, 5.74) is -0.436. The molecule has 0 unspecified atom stereocenters. The maximum absolute atomic E-state index is 14.7. The molecule has 44 heavy (non-hydrogen) atoms. The molecule has 0 aromatic heterocycles. The van der Waals surface area contributed by atoms with E-state index < -0.39 is 18.4 Å². The first kappa shape index (κ1) is 36.8. The third-order valence-electron chi connectivity index (χ3n) is 12.3. The zero-order valence-electron chi connectivity index (χ0n) is 30.1. The van der Waals surface area contributed by atoms with Crippen molar-refractivity contribution < 1.29 is 19.0 Å². The Hall–Kier alpha value is -0.0113. The van der Waals surface area contributed by atoms with Crippen molar-refractivity contribution in [2.75, 3.05) is 0 Å². The first-order valence-electron chi connectivity index (χ1n) is 19.4. The molecule has 5 nitrogen and oxygen atoms in total. The normalized spacial score (nSPS) is 27.8. The summed E-state index contributed by atoms with van der Waals surface area (Å²) in [4.78, 5) is 16.8. The van der Waals surface area contributed by atoms with Gasteiger partial charge in [-0.05, 0) is 0 Å². The summed E-state index contributed by atoms with van der Waals surface area (Å²) in [5, 5.41) is 0. The van der Waals surface area contributed by atoms with Crippen molar-refractivity contribution in [2.45, 2.75) is 217 Å². The summed E-state index contributed by atoms with van der Waals surface area (Å²) in [6, 6.07) is 0. The number of amides is 1. The summed E-state index contributed by atoms with van der Waals surface area (Å²) in [6.07, 6.45) is 23.4. The molecular formula is C38H71NO4Sn. The second-order valence-corrected chi connectivity index (χ2v) is 30.3. The number of rotatable bonds is 14. The second kappa shape index (κ2) is 16.9. The van der Waals surface area contributed by atoms with Crippen LogP contribution in [0.1, 0.15) is 170 Å². The molecule has 2 heterocycles. The van der Waals surface area contributed by atoms with Gasteiger partial charge in [0, 0.05) is 0 Å². The van der Waals surface area contributed by atoms with E-state index in [1.54, 1.807) is 0 Å². The zero-order chi connectivity index (χ0) is 31.8. The number of carbonyl (C=O) groups excluding carboxylic acids is 1. The van der Waals surface area contributed by atoms with E-state index in [0.29, 0.717) is 11.8 Å². The van der Waals surface area contributed by atoms with Crippen LogP contribution in [0, 0.1) is 11.8 Å². The molecule has 2 aliphatic heterocycles. The van der Waals surface area contributed by atoms with Gasteiger partial charge in [-0.1, -0.05) is 0 Å². The van der Waals surface area contributed by atoms with Crippen LogP contribution in [-0.2, 0) is 14.2 Å². The molecule has 256 valence electrons. The van der Waals surface area contributed by atoms with E-state index in [0.717, 1.165) is 19.3 Å². The van der Waals surface area contributed by atoms with Gasteiger partial charge in [-0.25, -0.2) is 0 Å². The fraction of sp³-hybridized carbons (Fsp3) is 0.974. The number of hydrogen-bond acceptors (Lipinski definition) is 4. The summed E-state index contributed by atoms with van der Waals surface area (Å²) in [7, 11) is 0. The average Bonchev–Trinajstić information content (AvgIpc) is 3.45. The third kappa shape index (κ3) is 8.91. The Morgan fingerprint density at radius 3 is 1.50 bits per heavy atom. The van der Waals surface area contributed by atoms with E-state index in [1.165, 1.54) is 116 Å². The third-order valence-corrected chi connectivity index (χ3v) is 28.4. The number of ether oxygens (including phenoxy) is 3. The Bertz CT molecular complexity index is 801. The van der Waals surface area contributed by atoms with Crippen molar-refractivity contribution in [1.29, 1.82) is 0 Å². The summed E-state index contributed by atoms with van der Waals surface area (Å²) in [6.45, 7) is 16.0. The van der Waals surface area contributed by atoms with Crippen molar-refractivity contribution in [1.82, 2.24) is 4.90 Å². The van der Waals surface area contributed by atoms with Crippen molar-refractivity contribution in [3.8, 4) is 0 Å². The van der Waals surface area contributed by atoms with E-state index in [2.05, 4.69) is 53.4 Å². The first-order chi connectivity index (χ1) is 21.1. The molecule has 3 atom stereocenters. The van der Waals surface area contributed by atoms with Crippen LogP contribution in [0.2, 0.25) is 13.3 Å². The van der Waals surface area contributed by atoms with E-state index in [4.69, 9.17) is 14.2 Å². The minimum absolute atomic E-state index is 0.0993. The number of piperidine rings is 1. The SMILES string of the molecule is CCC[CH2][Sn]([CH2]CCC)([CH2]CCC)[C@@H](OC(=O)N1C(C)(C)CCCC1(C)C)C1O[C@H](C2CCCCC2)[C@@H](C2CCCCC2)O1. The number of unbranched alkanes of at least 4 members (excludes halogenated alkanes) is 3. The van der Waals surface area contributed by atoms with Crippen molar-refractivity contribution >= 4 is 24.5 Å². The Kier molecular flexibility index (Phi) is 14.1. The van der Waals surface area contributed by atoms with Crippen LogP contribution >= 0.6 is 0 Å². The molecule has 6 heteroatoms.